The van der Waals surface area contributed by atoms with Crippen molar-refractivity contribution in [2.45, 2.75) is 20.3 Å². The number of benzene rings is 1. The molecule has 1 aromatic carbocycles. The summed E-state index contributed by atoms with van der Waals surface area (Å²) in [5.74, 6) is 1.49. The second kappa shape index (κ2) is 9.27. The number of piperidine rings is 1. The maximum atomic E-state index is 12.2. The number of hydrogen-bond acceptors (Lipinski definition) is 5. The summed E-state index contributed by atoms with van der Waals surface area (Å²) in [6.45, 7) is 5.47. The lowest BCUT2D eigenvalue weighted by atomic mass is 9.92. The number of esters is 1. The van der Waals surface area contributed by atoms with Gasteiger partial charge < -0.3 is 19.1 Å². The van der Waals surface area contributed by atoms with Gasteiger partial charge in [0.1, 0.15) is 11.5 Å². The molecule has 0 bridgehead atoms. The first-order valence-electron chi connectivity index (χ1n) is 8.77. The van der Waals surface area contributed by atoms with Crippen molar-refractivity contribution >= 4 is 18.0 Å². The summed E-state index contributed by atoms with van der Waals surface area (Å²) in [4.78, 5) is 25.9. The van der Waals surface area contributed by atoms with E-state index in [1.165, 1.54) is 6.08 Å². The Morgan fingerprint density at radius 3 is 2.46 bits per heavy atom. The minimum atomic E-state index is -0.561. The van der Waals surface area contributed by atoms with Crippen molar-refractivity contribution in [1.82, 2.24) is 4.90 Å². The van der Waals surface area contributed by atoms with Crippen LogP contribution in [0.2, 0.25) is 0 Å². The predicted molar refractivity (Wildman–Crippen MR) is 99.1 cm³/mol. The first-order valence-corrected chi connectivity index (χ1v) is 8.77. The largest absolute Gasteiger partial charge is 0.497 e. The van der Waals surface area contributed by atoms with Crippen LogP contribution in [-0.4, -0.2) is 50.7 Å². The molecule has 2 atom stereocenters. The zero-order valence-corrected chi connectivity index (χ0v) is 15.9. The zero-order chi connectivity index (χ0) is 19.1. The van der Waals surface area contributed by atoms with Gasteiger partial charge in [-0.05, 0) is 36.5 Å². The van der Waals surface area contributed by atoms with Crippen LogP contribution in [0.15, 0.2) is 24.3 Å². The van der Waals surface area contributed by atoms with Crippen molar-refractivity contribution in [2.24, 2.45) is 11.8 Å². The van der Waals surface area contributed by atoms with Gasteiger partial charge in [-0.2, -0.15) is 0 Å². The molecule has 1 fully saturated rings. The smallest absolute Gasteiger partial charge is 0.331 e. The molecule has 0 saturated carbocycles. The van der Waals surface area contributed by atoms with E-state index in [0.29, 0.717) is 23.3 Å². The van der Waals surface area contributed by atoms with Gasteiger partial charge in [-0.1, -0.05) is 13.8 Å². The number of carbonyl (C=O) groups is 2. The predicted octanol–water partition coefficient (Wildman–Crippen LogP) is 2.76. The molecule has 1 amide bonds. The molecule has 26 heavy (non-hydrogen) atoms. The maximum Gasteiger partial charge on any atom is 0.331 e. The summed E-state index contributed by atoms with van der Waals surface area (Å²) in [6.07, 6.45) is 4.01. The average Bonchev–Trinajstić information content (AvgIpc) is 2.63. The molecule has 0 aliphatic carbocycles. The topological polar surface area (TPSA) is 65.1 Å². The van der Waals surface area contributed by atoms with Crippen molar-refractivity contribution in [1.29, 1.82) is 0 Å². The van der Waals surface area contributed by atoms with Gasteiger partial charge in [-0.3, -0.25) is 4.79 Å². The molecule has 1 saturated heterocycles. The van der Waals surface area contributed by atoms with Crippen LogP contribution in [0.5, 0.6) is 11.5 Å². The molecular weight excluding hydrogens is 334 g/mol. The lowest BCUT2D eigenvalue weighted by Crippen LogP contribution is -2.44. The molecule has 2 rings (SSSR count). The molecule has 0 N–H and O–H groups in total. The van der Waals surface area contributed by atoms with Gasteiger partial charge >= 0.3 is 5.97 Å². The summed E-state index contributed by atoms with van der Waals surface area (Å²) in [6, 6.07) is 5.28. The Bertz CT molecular complexity index is 660. The molecule has 0 spiro atoms. The molecule has 6 nitrogen and oxygen atoms in total. The molecule has 1 heterocycles. The Morgan fingerprint density at radius 2 is 1.85 bits per heavy atom. The van der Waals surface area contributed by atoms with E-state index >= 15 is 0 Å². The van der Waals surface area contributed by atoms with Crippen LogP contribution in [0.3, 0.4) is 0 Å². The number of amides is 1. The molecule has 1 aliphatic rings. The Kier molecular flexibility index (Phi) is 7.06. The van der Waals surface area contributed by atoms with Crippen LogP contribution >= 0.6 is 0 Å². The van der Waals surface area contributed by atoms with Gasteiger partial charge in [0.05, 0.1) is 14.2 Å². The van der Waals surface area contributed by atoms with E-state index in [-0.39, 0.29) is 12.5 Å². The molecule has 1 aliphatic heterocycles. The Hall–Kier alpha value is -2.50. The van der Waals surface area contributed by atoms with Crippen molar-refractivity contribution in [2.75, 3.05) is 33.9 Å². The number of carbonyl (C=O) groups excluding carboxylic acids is 2. The molecule has 0 unspecified atom stereocenters. The summed E-state index contributed by atoms with van der Waals surface area (Å²) in [7, 11) is 3.12. The van der Waals surface area contributed by atoms with Crippen LogP contribution in [0.4, 0.5) is 0 Å². The van der Waals surface area contributed by atoms with Crippen molar-refractivity contribution in [3.63, 3.8) is 0 Å². The number of methoxy groups -OCH3 is 2. The van der Waals surface area contributed by atoms with Gasteiger partial charge in [0.15, 0.2) is 6.61 Å². The number of nitrogens with zero attached hydrogens (tertiary/aromatic N) is 1. The van der Waals surface area contributed by atoms with Crippen LogP contribution in [0.25, 0.3) is 6.08 Å². The number of likely N-dealkylation sites (tertiary alicyclic amines) is 1. The molecule has 0 radical (unpaired) electrons. The maximum absolute atomic E-state index is 12.2. The monoisotopic (exact) mass is 361 g/mol. The third kappa shape index (κ3) is 5.51. The number of rotatable bonds is 6. The second-order valence-corrected chi connectivity index (χ2v) is 6.79. The van der Waals surface area contributed by atoms with Crippen molar-refractivity contribution in [3.05, 3.63) is 29.8 Å². The first kappa shape index (κ1) is 19.8. The molecular formula is C20H27NO5. The highest BCUT2D eigenvalue weighted by Gasteiger charge is 2.25. The normalized spacial score (nSPS) is 20.1. The van der Waals surface area contributed by atoms with Crippen molar-refractivity contribution < 1.29 is 23.8 Å². The first-order chi connectivity index (χ1) is 12.4. The lowest BCUT2D eigenvalue weighted by molar-refractivity contribution is -0.149. The fraction of sp³-hybridized carbons (Fsp3) is 0.500. The molecule has 6 heteroatoms. The van der Waals surface area contributed by atoms with E-state index < -0.39 is 5.97 Å². The minimum Gasteiger partial charge on any atom is -0.497 e. The number of ether oxygens (including phenoxy) is 3. The second-order valence-electron chi connectivity index (χ2n) is 6.79. The Balaban J connectivity index is 1.88. The Labute approximate surface area is 154 Å². The fourth-order valence-corrected chi connectivity index (χ4v) is 3.25. The van der Waals surface area contributed by atoms with Gasteiger partial charge in [-0.15, -0.1) is 0 Å². The van der Waals surface area contributed by atoms with Crippen LogP contribution in [0, 0.1) is 11.8 Å². The summed E-state index contributed by atoms with van der Waals surface area (Å²) in [5.41, 5.74) is 0.718. The highest BCUT2D eigenvalue weighted by Crippen LogP contribution is 2.25. The fourth-order valence-electron chi connectivity index (χ4n) is 3.25. The van der Waals surface area contributed by atoms with Crippen LogP contribution in [0.1, 0.15) is 25.8 Å². The van der Waals surface area contributed by atoms with Gasteiger partial charge in [0.2, 0.25) is 0 Å². The van der Waals surface area contributed by atoms with E-state index in [1.54, 1.807) is 43.4 Å². The quantitative estimate of drug-likeness (QED) is 0.576. The minimum absolute atomic E-state index is 0.146. The standard InChI is InChI=1S/C20H27NO5/c1-14-9-15(2)12-21(11-14)19(22)13-26-20(23)8-6-16-5-7-17(24-3)10-18(16)25-4/h5-8,10,14-15H,9,11-13H2,1-4H3/b8-6+/t14-,15-/m0/s1. The zero-order valence-electron chi connectivity index (χ0n) is 15.9. The highest BCUT2D eigenvalue weighted by molar-refractivity contribution is 5.89. The van der Waals surface area contributed by atoms with E-state index in [1.807, 2.05) is 0 Å². The van der Waals surface area contributed by atoms with E-state index in [4.69, 9.17) is 14.2 Å². The van der Waals surface area contributed by atoms with Crippen molar-refractivity contribution in [3.8, 4) is 11.5 Å². The van der Waals surface area contributed by atoms with Gasteiger partial charge in [0, 0.05) is 30.8 Å². The summed E-state index contributed by atoms with van der Waals surface area (Å²) >= 11 is 0. The van der Waals surface area contributed by atoms with Crippen LogP contribution in [-0.2, 0) is 14.3 Å². The molecule has 1 aromatic rings. The van der Waals surface area contributed by atoms with E-state index in [0.717, 1.165) is 25.1 Å². The Morgan fingerprint density at radius 1 is 1.15 bits per heavy atom. The van der Waals surface area contributed by atoms with Gasteiger partial charge in [-0.25, -0.2) is 4.79 Å². The number of hydrogen-bond donors (Lipinski definition) is 0. The lowest BCUT2D eigenvalue weighted by Gasteiger charge is -2.34. The molecule has 0 aromatic heterocycles. The summed E-state index contributed by atoms with van der Waals surface area (Å²) in [5, 5.41) is 0. The van der Waals surface area contributed by atoms with E-state index in [9.17, 15) is 9.59 Å². The van der Waals surface area contributed by atoms with E-state index in [2.05, 4.69) is 13.8 Å². The average molecular weight is 361 g/mol. The third-order valence-electron chi connectivity index (χ3n) is 4.40. The van der Waals surface area contributed by atoms with Crippen LogP contribution < -0.4 is 9.47 Å². The summed E-state index contributed by atoms with van der Waals surface area (Å²) < 4.78 is 15.5. The van der Waals surface area contributed by atoms with Gasteiger partial charge in [0.25, 0.3) is 5.91 Å². The third-order valence-corrected chi connectivity index (χ3v) is 4.40. The molecule has 142 valence electrons. The highest BCUT2D eigenvalue weighted by atomic mass is 16.5. The SMILES string of the molecule is COc1ccc(/C=C/C(=O)OCC(=O)N2C[C@@H](C)C[C@H](C)C2)c(OC)c1.